The molecule has 0 bridgehead atoms. The van der Waals surface area contributed by atoms with Crippen LogP contribution in [-0.4, -0.2) is 19.6 Å². The first kappa shape index (κ1) is 12.2. The number of halogens is 1. The number of ether oxygens (including phenoxy) is 1. The van der Waals surface area contributed by atoms with Gasteiger partial charge in [0, 0.05) is 9.64 Å². The summed E-state index contributed by atoms with van der Waals surface area (Å²) in [5, 5.41) is 6.28. The van der Waals surface area contributed by atoms with Crippen LogP contribution in [0.25, 0.3) is 5.65 Å². The van der Waals surface area contributed by atoms with Crippen LogP contribution in [0.3, 0.4) is 0 Å². The van der Waals surface area contributed by atoms with E-state index in [0.29, 0.717) is 23.1 Å². The molecule has 19 heavy (non-hydrogen) atoms. The van der Waals surface area contributed by atoms with Crippen LogP contribution in [0.4, 0.5) is 0 Å². The van der Waals surface area contributed by atoms with Crippen molar-refractivity contribution in [3.05, 3.63) is 50.2 Å². The third kappa shape index (κ3) is 2.33. The SMILES string of the molecule is Cc1nc(Oc2cccc(I)c2)cc2n[nH]c(=O)n12. The zero-order valence-electron chi connectivity index (χ0n) is 9.92. The van der Waals surface area contributed by atoms with Gasteiger partial charge in [0.05, 0.1) is 0 Å². The maximum Gasteiger partial charge on any atom is 0.349 e. The lowest BCUT2D eigenvalue weighted by Gasteiger charge is -2.06. The summed E-state index contributed by atoms with van der Waals surface area (Å²) in [5.41, 5.74) is 0.180. The number of hydrogen-bond donors (Lipinski definition) is 1. The van der Waals surface area contributed by atoms with Gasteiger partial charge in [0.25, 0.3) is 0 Å². The van der Waals surface area contributed by atoms with Crippen molar-refractivity contribution in [1.82, 2.24) is 19.6 Å². The van der Waals surface area contributed by atoms with Crippen LogP contribution in [0.1, 0.15) is 5.82 Å². The Hall–Kier alpha value is -1.90. The van der Waals surface area contributed by atoms with E-state index in [0.717, 1.165) is 3.57 Å². The van der Waals surface area contributed by atoms with E-state index in [1.165, 1.54) is 4.40 Å². The average Bonchev–Trinajstić information content (AvgIpc) is 2.71. The molecule has 0 aliphatic carbocycles. The fourth-order valence-corrected chi connectivity index (χ4v) is 2.29. The van der Waals surface area contributed by atoms with Crippen molar-refractivity contribution in [3.63, 3.8) is 0 Å². The Morgan fingerprint density at radius 2 is 2.21 bits per heavy atom. The number of H-pyrrole nitrogens is 1. The highest BCUT2D eigenvalue weighted by Gasteiger charge is 2.08. The van der Waals surface area contributed by atoms with Crippen molar-refractivity contribution in [2.24, 2.45) is 0 Å². The van der Waals surface area contributed by atoms with Gasteiger partial charge < -0.3 is 4.74 Å². The van der Waals surface area contributed by atoms with Crippen molar-refractivity contribution in [3.8, 4) is 11.6 Å². The van der Waals surface area contributed by atoms with E-state index in [2.05, 4.69) is 37.8 Å². The zero-order valence-corrected chi connectivity index (χ0v) is 12.1. The molecule has 0 fully saturated rings. The zero-order chi connectivity index (χ0) is 13.4. The average molecular weight is 368 g/mol. The first-order valence-corrected chi connectivity index (χ1v) is 6.59. The van der Waals surface area contributed by atoms with Crippen LogP contribution < -0.4 is 10.4 Å². The molecule has 0 saturated carbocycles. The smallest absolute Gasteiger partial charge is 0.349 e. The van der Waals surface area contributed by atoms with Gasteiger partial charge in [-0.25, -0.2) is 14.3 Å². The fourth-order valence-electron chi connectivity index (χ4n) is 1.77. The molecule has 0 spiro atoms. The summed E-state index contributed by atoms with van der Waals surface area (Å²) in [6.45, 7) is 1.73. The van der Waals surface area contributed by atoms with Crippen molar-refractivity contribution in [2.75, 3.05) is 0 Å². The Morgan fingerprint density at radius 1 is 1.37 bits per heavy atom. The predicted molar refractivity (Wildman–Crippen MR) is 77.6 cm³/mol. The number of hydrogen-bond acceptors (Lipinski definition) is 4. The molecular formula is C12H9IN4O2. The lowest BCUT2D eigenvalue weighted by Crippen LogP contribution is -2.13. The number of fused-ring (bicyclic) bond motifs is 1. The summed E-state index contributed by atoms with van der Waals surface area (Å²) in [6, 6.07) is 9.24. The van der Waals surface area contributed by atoms with Crippen LogP contribution in [0, 0.1) is 10.5 Å². The molecule has 6 nitrogen and oxygen atoms in total. The molecule has 0 atom stereocenters. The van der Waals surface area contributed by atoms with E-state index < -0.39 is 0 Å². The summed E-state index contributed by atoms with van der Waals surface area (Å²) in [4.78, 5) is 15.7. The number of rotatable bonds is 2. The Morgan fingerprint density at radius 3 is 3.00 bits per heavy atom. The molecule has 0 unspecified atom stereocenters. The summed E-state index contributed by atoms with van der Waals surface area (Å²) in [7, 11) is 0. The number of aryl methyl sites for hydroxylation is 1. The molecule has 3 aromatic rings. The van der Waals surface area contributed by atoms with Gasteiger partial charge >= 0.3 is 5.69 Å². The third-order valence-electron chi connectivity index (χ3n) is 2.56. The largest absolute Gasteiger partial charge is 0.439 e. The van der Waals surface area contributed by atoms with Crippen LogP contribution in [0.5, 0.6) is 11.6 Å². The summed E-state index contributed by atoms with van der Waals surface area (Å²) in [6.07, 6.45) is 0. The molecule has 0 aliphatic heterocycles. The van der Waals surface area contributed by atoms with Crippen LogP contribution in [0.15, 0.2) is 35.1 Å². The van der Waals surface area contributed by atoms with Gasteiger partial charge in [-0.15, -0.1) is 0 Å². The van der Waals surface area contributed by atoms with Crippen molar-refractivity contribution in [2.45, 2.75) is 6.92 Å². The molecule has 1 aromatic carbocycles. The molecule has 96 valence electrons. The number of nitrogens with one attached hydrogen (secondary N) is 1. The van der Waals surface area contributed by atoms with Gasteiger partial charge in [-0.3, -0.25) is 0 Å². The molecule has 0 amide bonds. The quantitative estimate of drug-likeness (QED) is 0.704. The summed E-state index contributed by atoms with van der Waals surface area (Å²) >= 11 is 2.21. The number of aromatic amines is 1. The molecule has 1 N–H and O–H groups in total. The lowest BCUT2D eigenvalue weighted by molar-refractivity contribution is 0.459. The van der Waals surface area contributed by atoms with Crippen LogP contribution >= 0.6 is 22.6 Å². The summed E-state index contributed by atoms with van der Waals surface area (Å²) < 4.78 is 8.14. The fraction of sp³-hybridized carbons (Fsp3) is 0.0833. The lowest BCUT2D eigenvalue weighted by atomic mass is 10.3. The molecule has 0 saturated heterocycles. The van der Waals surface area contributed by atoms with Crippen molar-refractivity contribution >= 4 is 28.2 Å². The van der Waals surface area contributed by atoms with Crippen molar-refractivity contribution < 1.29 is 4.74 Å². The first-order valence-electron chi connectivity index (χ1n) is 5.52. The summed E-state index contributed by atoms with van der Waals surface area (Å²) in [5.74, 6) is 1.63. The minimum absolute atomic E-state index is 0.305. The monoisotopic (exact) mass is 368 g/mol. The van der Waals surface area contributed by atoms with E-state index in [1.54, 1.807) is 13.0 Å². The maximum absolute atomic E-state index is 11.5. The predicted octanol–water partition coefficient (Wildman–Crippen LogP) is 2.12. The van der Waals surface area contributed by atoms with E-state index in [-0.39, 0.29) is 5.69 Å². The van der Waals surface area contributed by atoms with Gasteiger partial charge in [0.2, 0.25) is 5.88 Å². The molecule has 2 heterocycles. The second-order valence-corrected chi connectivity index (χ2v) is 5.17. The topological polar surface area (TPSA) is 72.3 Å². The Kier molecular flexibility index (Phi) is 2.97. The number of nitrogens with zero attached hydrogens (tertiary/aromatic N) is 3. The highest BCUT2D eigenvalue weighted by molar-refractivity contribution is 14.1. The Labute approximate surface area is 121 Å². The van der Waals surface area contributed by atoms with Crippen molar-refractivity contribution in [1.29, 1.82) is 0 Å². The van der Waals surface area contributed by atoms with Crippen LogP contribution in [-0.2, 0) is 0 Å². The highest BCUT2D eigenvalue weighted by Crippen LogP contribution is 2.22. The second kappa shape index (κ2) is 4.65. The third-order valence-corrected chi connectivity index (χ3v) is 3.24. The van der Waals surface area contributed by atoms with Gasteiger partial charge in [0.15, 0.2) is 5.65 Å². The minimum atomic E-state index is -0.305. The normalized spacial score (nSPS) is 10.8. The Bertz CT molecular complexity index is 809. The van der Waals surface area contributed by atoms with E-state index in [9.17, 15) is 4.79 Å². The van der Waals surface area contributed by atoms with Gasteiger partial charge in [-0.05, 0) is 47.7 Å². The second-order valence-electron chi connectivity index (χ2n) is 3.92. The van der Waals surface area contributed by atoms with Gasteiger partial charge in [-0.2, -0.15) is 10.1 Å². The van der Waals surface area contributed by atoms with E-state index in [1.807, 2.05) is 24.3 Å². The standard InChI is InChI=1S/C12H9IN4O2/c1-7-14-11(6-10-15-16-12(18)17(7)10)19-9-4-2-3-8(13)5-9/h2-6H,1H3,(H,16,18). The molecule has 3 rings (SSSR count). The first-order chi connectivity index (χ1) is 9.13. The maximum atomic E-state index is 11.5. The number of aromatic nitrogens is 4. The van der Waals surface area contributed by atoms with Crippen LogP contribution in [0.2, 0.25) is 0 Å². The van der Waals surface area contributed by atoms with Gasteiger partial charge in [-0.1, -0.05) is 6.07 Å². The molecule has 0 aliphatic rings. The molecule has 0 radical (unpaired) electrons. The van der Waals surface area contributed by atoms with Gasteiger partial charge in [0.1, 0.15) is 11.6 Å². The van der Waals surface area contributed by atoms with E-state index in [4.69, 9.17) is 4.74 Å². The molecule has 2 aromatic heterocycles. The molecule has 7 heteroatoms. The minimum Gasteiger partial charge on any atom is -0.439 e. The van der Waals surface area contributed by atoms with E-state index >= 15 is 0 Å². The number of benzene rings is 1. The highest BCUT2D eigenvalue weighted by atomic mass is 127. The molecular weight excluding hydrogens is 359 g/mol. The Balaban J connectivity index is 2.04.